The molecule has 1 aromatic rings. The number of hydrogen-bond acceptors (Lipinski definition) is 5. The lowest BCUT2D eigenvalue weighted by Crippen LogP contribution is -2.38. The van der Waals surface area contributed by atoms with Gasteiger partial charge in [0, 0.05) is 13.0 Å². The Labute approximate surface area is 147 Å². The van der Waals surface area contributed by atoms with Crippen molar-refractivity contribution >= 4 is 12.1 Å². The van der Waals surface area contributed by atoms with Crippen molar-refractivity contribution in [2.24, 2.45) is 0 Å². The summed E-state index contributed by atoms with van der Waals surface area (Å²) in [5.74, 6) is -0.826. The number of amides is 1. The van der Waals surface area contributed by atoms with Gasteiger partial charge in [0.2, 0.25) is 0 Å². The molecule has 7 heteroatoms. The number of aliphatic carboxylic acids is 1. The molecule has 0 aliphatic rings. The molecule has 1 aromatic carbocycles. The van der Waals surface area contributed by atoms with Gasteiger partial charge in [0.15, 0.2) is 0 Å². The molecule has 1 rings (SSSR count). The van der Waals surface area contributed by atoms with Crippen molar-refractivity contribution in [3.8, 4) is 0 Å². The van der Waals surface area contributed by atoms with Gasteiger partial charge in [-0.25, -0.2) is 4.79 Å². The second-order valence-corrected chi connectivity index (χ2v) is 6.88. The SMILES string of the molecule is CC(C)(C)OC(=O)NCC(O)C(O)c1ccc(CCCC(=O)O)cc1. The zero-order valence-corrected chi connectivity index (χ0v) is 14.9. The third-order valence-electron chi connectivity index (χ3n) is 3.40. The number of carbonyl (C=O) groups is 2. The number of aliphatic hydroxyl groups is 2. The number of hydrogen-bond donors (Lipinski definition) is 4. The van der Waals surface area contributed by atoms with Crippen LogP contribution in [-0.2, 0) is 16.0 Å². The number of rotatable bonds is 8. The molecule has 0 heterocycles. The zero-order valence-electron chi connectivity index (χ0n) is 14.9. The molecule has 0 radical (unpaired) electrons. The van der Waals surface area contributed by atoms with Crippen molar-refractivity contribution in [3.05, 3.63) is 35.4 Å². The second-order valence-electron chi connectivity index (χ2n) is 6.88. The van der Waals surface area contributed by atoms with Gasteiger partial charge in [-0.15, -0.1) is 0 Å². The molecule has 0 saturated heterocycles. The molecule has 0 fully saturated rings. The average molecular weight is 353 g/mol. The number of ether oxygens (including phenoxy) is 1. The van der Waals surface area contributed by atoms with Crippen LogP contribution in [0.4, 0.5) is 4.79 Å². The standard InChI is InChI=1S/C18H27NO6/c1-18(2,3)25-17(24)19-11-14(20)16(23)13-9-7-12(8-10-13)5-4-6-15(21)22/h7-10,14,16,20,23H,4-6,11H2,1-3H3,(H,19,24)(H,21,22). The normalized spacial score (nSPS) is 13.8. The summed E-state index contributed by atoms with van der Waals surface area (Å²) in [7, 11) is 0. The Hall–Kier alpha value is -2.12. The van der Waals surface area contributed by atoms with Crippen LogP contribution in [0.3, 0.4) is 0 Å². The van der Waals surface area contributed by atoms with Crippen LogP contribution in [-0.4, -0.2) is 45.6 Å². The highest BCUT2D eigenvalue weighted by Gasteiger charge is 2.21. The smallest absolute Gasteiger partial charge is 0.407 e. The highest BCUT2D eigenvalue weighted by Crippen LogP contribution is 2.18. The Kier molecular flexibility index (Phi) is 7.86. The predicted molar refractivity (Wildman–Crippen MR) is 92.2 cm³/mol. The van der Waals surface area contributed by atoms with Crippen LogP contribution < -0.4 is 5.32 Å². The molecular formula is C18H27NO6. The van der Waals surface area contributed by atoms with Crippen LogP contribution in [0.2, 0.25) is 0 Å². The number of nitrogens with one attached hydrogen (secondary N) is 1. The van der Waals surface area contributed by atoms with Crippen molar-refractivity contribution in [1.29, 1.82) is 0 Å². The first-order valence-electron chi connectivity index (χ1n) is 8.22. The van der Waals surface area contributed by atoms with Crippen LogP contribution >= 0.6 is 0 Å². The fourth-order valence-corrected chi connectivity index (χ4v) is 2.16. The molecule has 2 unspecified atom stereocenters. The van der Waals surface area contributed by atoms with E-state index >= 15 is 0 Å². The van der Waals surface area contributed by atoms with Crippen LogP contribution in [0.1, 0.15) is 50.8 Å². The number of aliphatic hydroxyl groups excluding tert-OH is 2. The van der Waals surface area contributed by atoms with E-state index in [1.54, 1.807) is 45.0 Å². The minimum atomic E-state index is -1.18. The Morgan fingerprint density at radius 3 is 2.28 bits per heavy atom. The number of carbonyl (C=O) groups excluding carboxylic acids is 1. The lowest BCUT2D eigenvalue weighted by molar-refractivity contribution is -0.137. The number of carboxylic acids is 1. The molecule has 0 aliphatic heterocycles. The molecule has 0 bridgehead atoms. The van der Waals surface area contributed by atoms with E-state index in [1.165, 1.54) is 0 Å². The van der Waals surface area contributed by atoms with E-state index in [-0.39, 0.29) is 13.0 Å². The van der Waals surface area contributed by atoms with Gasteiger partial charge in [0.25, 0.3) is 0 Å². The molecule has 0 spiro atoms. The van der Waals surface area contributed by atoms with Crippen molar-refractivity contribution in [1.82, 2.24) is 5.32 Å². The van der Waals surface area contributed by atoms with Gasteiger partial charge >= 0.3 is 12.1 Å². The van der Waals surface area contributed by atoms with Crippen LogP contribution in [0, 0.1) is 0 Å². The van der Waals surface area contributed by atoms with E-state index in [9.17, 15) is 19.8 Å². The Bertz CT molecular complexity index is 564. The molecule has 2 atom stereocenters. The molecule has 0 aliphatic carbocycles. The molecule has 0 saturated carbocycles. The maximum atomic E-state index is 11.5. The summed E-state index contributed by atoms with van der Waals surface area (Å²) in [5.41, 5.74) is 0.837. The second kappa shape index (κ2) is 9.39. The monoisotopic (exact) mass is 353 g/mol. The van der Waals surface area contributed by atoms with Gasteiger partial charge < -0.3 is 25.4 Å². The van der Waals surface area contributed by atoms with E-state index in [4.69, 9.17) is 9.84 Å². The molecule has 25 heavy (non-hydrogen) atoms. The van der Waals surface area contributed by atoms with Gasteiger partial charge in [0.05, 0.1) is 0 Å². The lowest BCUT2D eigenvalue weighted by atomic mass is 10.0. The van der Waals surface area contributed by atoms with E-state index in [1.807, 2.05) is 0 Å². The molecule has 7 nitrogen and oxygen atoms in total. The van der Waals surface area contributed by atoms with Gasteiger partial charge in [-0.2, -0.15) is 0 Å². The quantitative estimate of drug-likeness (QED) is 0.568. The first kappa shape index (κ1) is 20.9. The summed E-state index contributed by atoms with van der Waals surface area (Å²) in [6, 6.07) is 6.93. The van der Waals surface area contributed by atoms with Crippen LogP contribution in [0.5, 0.6) is 0 Å². The highest BCUT2D eigenvalue weighted by atomic mass is 16.6. The van der Waals surface area contributed by atoms with Crippen LogP contribution in [0.15, 0.2) is 24.3 Å². The molecular weight excluding hydrogens is 326 g/mol. The summed E-state index contributed by atoms with van der Waals surface area (Å²) in [6.45, 7) is 5.05. The van der Waals surface area contributed by atoms with E-state index in [2.05, 4.69) is 5.32 Å². The summed E-state index contributed by atoms with van der Waals surface area (Å²) in [6.07, 6.45) is -1.70. The maximum absolute atomic E-state index is 11.5. The van der Waals surface area contributed by atoms with Crippen LogP contribution in [0.25, 0.3) is 0 Å². The summed E-state index contributed by atoms with van der Waals surface area (Å²) >= 11 is 0. The first-order chi connectivity index (χ1) is 11.6. The fourth-order valence-electron chi connectivity index (χ4n) is 2.16. The van der Waals surface area contributed by atoms with Crippen molar-refractivity contribution in [2.75, 3.05) is 6.54 Å². The molecule has 1 amide bonds. The van der Waals surface area contributed by atoms with Crippen molar-refractivity contribution in [2.45, 2.75) is 57.8 Å². The fraction of sp³-hybridized carbons (Fsp3) is 0.556. The number of aryl methyl sites for hydroxylation is 1. The highest BCUT2D eigenvalue weighted by molar-refractivity contribution is 5.67. The third kappa shape index (κ3) is 8.51. The average Bonchev–Trinajstić information content (AvgIpc) is 2.50. The van der Waals surface area contributed by atoms with E-state index < -0.39 is 29.9 Å². The number of alkyl carbamates (subject to hydrolysis) is 1. The predicted octanol–water partition coefficient (Wildman–Crippen LogP) is 2.01. The minimum absolute atomic E-state index is 0.111. The summed E-state index contributed by atoms with van der Waals surface area (Å²) in [4.78, 5) is 22.0. The summed E-state index contributed by atoms with van der Waals surface area (Å²) in [5, 5.41) is 31.2. The zero-order chi connectivity index (χ0) is 19.0. The number of carboxylic acid groups (broad SMARTS) is 1. The third-order valence-corrected chi connectivity index (χ3v) is 3.40. The largest absolute Gasteiger partial charge is 0.481 e. The van der Waals surface area contributed by atoms with Gasteiger partial charge in [-0.05, 0) is 44.7 Å². The minimum Gasteiger partial charge on any atom is -0.481 e. The molecule has 0 aromatic heterocycles. The van der Waals surface area contributed by atoms with Gasteiger partial charge in [0.1, 0.15) is 17.8 Å². The van der Waals surface area contributed by atoms with E-state index in [0.29, 0.717) is 18.4 Å². The van der Waals surface area contributed by atoms with Crippen molar-refractivity contribution < 1.29 is 29.6 Å². The molecule has 140 valence electrons. The number of benzene rings is 1. The lowest BCUT2D eigenvalue weighted by Gasteiger charge is -2.22. The van der Waals surface area contributed by atoms with Gasteiger partial charge in [-0.3, -0.25) is 4.79 Å². The molecule has 4 N–H and O–H groups in total. The Balaban J connectivity index is 2.48. The van der Waals surface area contributed by atoms with Gasteiger partial charge in [-0.1, -0.05) is 24.3 Å². The van der Waals surface area contributed by atoms with Crippen molar-refractivity contribution in [3.63, 3.8) is 0 Å². The Morgan fingerprint density at radius 2 is 1.76 bits per heavy atom. The topological polar surface area (TPSA) is 116 Å². The maximum Gasteiger partial charge on any atom is 0.407 e. The first-order valence-corrected chi connectivity index (χ1v) is 8.22. The Morgan fingerprint density at radius 1 is 1.16 bits per heavy atom. The van der Waals surface area contributed by atoms with E-state index in [0.717, 1.165) is 5.56 Å². The summed E-state index contributed by atoms with van der Waals surface area (Å²) < 4.78 is 5.06.